The largest absolute Gasteiger partial charge is 0.461 e. The van der Waals surface area contributed by atoms with Crippen molar-refractivity contribution in [3.8, 4) is 0 Å². The van der Waals surface area contributed by atoms with Crippen molar-refractivity contribution >= 4 is 5.97 Å². The number of hydrogen-bond donors (Lipinski definition) is 0. The van der Waals surface area contributed by atoms with Crippen molar-refractivity contribution < 1.29 is 9.53 Å². The van der Waals surface area contributed by atoms with Gasteiger partial charge in [-0.2, -0.15) is 0 Å². The van der Waals surface area contributed by atoms with Gasteiger partial charge in [-0.15, -0.1) is 0 Å². The lowest BCUT2D eigenvalue weighted by Crippen LogP contribution is -2.24. The summed E-state index contributed by atoms with van der Waals surface area (Å²) in [5.41, 5.74) is 1.32. The highest BCUT2D eigenvalue weighted by atomic mass is 16.5. The molecule has 0 bridgehead atoms. The molecule has 0 unspecified atom stereocenters. The maximum absolute atomic E-state index is 11.4. The number of carbonyl (C=O) groups is 1. The molecule has 1 aromatic rings. The third-order valence-electron chi connectivity index (χ3n) is 3.23. The summed E-state index contributed by atoms with van der Waals surface area (Å²) in [6.07, 6.45) is 2.45. The van der Waals surface area contributed by atoms with Crippen molar-refractivity contribution in [2.45, 2.75) is 38.8 Å². The van der Waals surface area contributed by atoms with E-state index in [0.717, 1.165) is 32.5 Å². The Balaban J connectivity index is 1.76. The molecule has 98 valence electrons. The molecule has 18 heavy (non-hydrogen) atoms. The van der Waals surface area contributed by atoms with Crippen LogP contribution in [-0.2, 0) is 16.1 Å². The molecule has 1 aliphatic rings. The summed E-state index contributed by atoms with van der Waals surface area (Å²) in [6, 6.07) is 10.4. The zero-order valence-corrected chi connectivity index (χ0v) is 11.0. The van der Waals surface area contributed by atoms with Gasteiger partial charge in [0, 0.05) is 26.1 Å². The van der Waals surface area contributed by atoms with Gasteiger partial charge >= 0.3 is 5.97 Å². The molecule has 0 amide bonds. The van der Waals surface area contributed by atoms with Gasteiger partial charge in [0.25, 0.3) is 0 Å². The second kappa shape index (κ2) is 6.55. The van der Waals surface area contributed by atoms with E-state index in [1.807, 2.05) is 13.0 Å². The fraction of sp³-hybridized carbons (Fsp3) is 0.533. The van der Waals surface area contributed by atoms with Crippen LogP contribution in [0.4, 0.5) is 0 Å². The molecule has 1 atom stereocenters. The molecule has 2 rings (SSSR count). The maximum atomic E-state index is 11.4. The fourth-order valence-corrected chi connectivity index (χ4v) is 2.33. The van der Waals surface area contributed by atoms with Crippen LogP contribution in [0.15, 0.2) is 30.3 Å². The molecule has 0 N–H and O–H groups in total. The molecular weight excluding hydrogens is 226 g/mol. The molecule has 3 nitrogen and oxygen atoms in total. The molecule has 0 spiro atoms. The van der Waals surface area contributed by atoms with E-state index < -0.39 is 0 Å². The van der Waals surface area contributed by atoms with Crippen LogP contribution in [0.25, 0.3) is 0 Å². The fourth-order valence-electron chi connectivity index (χ4n) is 2.33. The number of likely N-dealkylation sites (tertiary alicyclic amines) is 1. The third kappa shape index (κ3) is 3.84. The Bertz CT molecular complexity index is 377. The summed E-state index contributed by atoms with van der Waals surface area (Å²) in [5.74, 6) is -0.0518. The first-order valence-corrected chi connectivity index (χ1v) is 6.73. The zero-order valence-electron chi connectivity index (χ0n) is 11.0. The number of nitrogens with zero attached hydrogens (tertiary/aromatic N) is 1. The number of ether oxygens (including phenoxy) is 1. The van der Waals surface area contributed by atoms with Crippen molar-refractivity contribution in [3.05, 3.63) is 35.9 Å². The summed E-state index contributed by atoms with van der Waals surface area (Å²) in [6.45, 7) is 4.82. The normalized spacial score (nSPS) is 19.9. The number of benzene rings is 1. The standard InChI is InChI=1S/C15H21NO2/c1-2-6-15(17)18-14-9-10-16(12-14)11-13-7-4-3-5-8-13/h3-5,7-8,14H,2,6,9-12H2,1H3/t14-/m1/s1. The molecule has 0 aliphatic carbocycles. The monoisotopic (exact) mass is 247 g/mol. The molecule has 3 heteroatoms. The Morgan fingerprint density at radius 1 is 1.39 bits per heavy atom. The van der Waals surface area contributed by atoms with E-state index in [-0.39, 0.29) is 12.1 Å². The minimum absolute atomic E-state index is 0.0518. The van der Waals surface area contributed by atoms with Crippen LogP contribution in [0.3, 0.4) is 0 Å². The van der Waals surface area contributed by atoms with Crippen molar-refractivity contribution in [3.63, 3.8) is 0 Å². The second-order valence-electron chi connectivity index (χ2n) is 4.87. The average molecular weight is 247 g/mol. The van der Waals surface area contributed by atoms with E-state index in [1.165, 1.54) is 5.56 Å². The van der Waals surface area contributed by atoms with E-state index in [1.54, 1.807) is 0 Å². The van der Waals surface area contributed by atoms with Gasteiger partial charge in [0.1, 0.15) is 6.10 Å². The van der Waals surface area contributed by atoms with E-state index in [4.69, 9.17) is 4.74 Å². The van der Waals surface area contributed by atoms with Crippen molar-refractivity contribution in [2.75, 3.05) is 13.1 Å². The van der Waals surface area contributed by atoms with Gasteiger partial charge in [0.05, 0.1) is 0 Å². The van der Waals surface area contributed by atoms with Crippen LogP contribution < -0.4 is 0 Å². The summed E-state index contributed by atoms with van der Waals surface area (Å²) in [7, 11) is 0. The summed E-state index contributed by atoms with van der Waals surface area (Å²) in [4.78, 5) is 13.8. The van der Waals surface area contributed by atoms with Crippen LogP contribution in [0, 0.1) is 0 Å². The molecule has 1 aliphatic heterocycles. The van der Waals surface area contributed by atoms with Crippen molar-refractivity contribution in [1.82, 2.24) is 4.90 Å². The predicted octanol–water partition coefficient (Wildman–Crippen LogP) is 2.60. The van der Waals surface area contributed by atoms with Crippen LogP contribution in [0.1, 0.15) is 31.7 Å². The Labute approximate surface area is 109 Å². The number of rotatable bonds is 5. The second-order valence-corrected chi connectivity index (χ2v) is 4.87. The quantitative estimate of drug-likeness (QED) is 0.749. The van der Waals surface area contributed by atoms with Crippen LogP contribution in [0.5, 0.6) is 0 Å². The van der Waals surface area contributed by atoms with E-state index in [9.17, 15) is 4.79 Å². The minimum atomic E-state index is -0.0518. The molecule has 1 heterocycles. The molecule has 0 saturated carbocycles. The highest BCUT2D eigenvalue weighted by molar-refractivity contribution is 5.69. The van der Waals surface area contributed by atoms with E-state index in [0.29, 0.717) is 6.42 Å². The minimum Gasteiger partial charge on any atom is -0.461 e. The molecule has 1 aromatic carbocycles. The zero-order chi connectivity index (χ0) is 12.8. The van der Waals surface area contributed by atoms with Crippen molar-refractivity contribution in [1.29, 1.82) is 0 Å². The topological polar surface area (TPSA) is 29.5 Å². The van der Waals surface area contributed by atoms with Crippen molar-refractivity contribution in [2.24, 2.45) is 0 Å². The average Bonchev–Trinajstić information content (AvgIpc) is 2.78. The Hall–Kier alpha value is -1.35. The summed E-state index contributed by atoms with van der Waals surface area (Å²) >= 11 is 0. The molecule has 1 saturated heterocycles. The smallest absolute Gasteiger partial charge is 0.306 e. The first-order valence-electron chi connectivity index (χ1n) is 6.73. The highest BCUT2D eigenvalue weighted by Gasteiger charge is 2.25. The van der Waals surface area contributed by atoms with Gasteiger partial charge in [-0.25, -0.2) is 0 Å². The molecule has 1 fully saturated rings. The van der Waals surface area contributed by atoms with Gasteiger partial charge in [0.2, 0.25) is 0 Å². The lowest BCUT2D eigenvalue weighted by molar-refractivity contribution is -0.148. The molecule has 0 aromatic heterocycles. The Kier molecular flexibility index (Phi) is 4.76. The first-order chi connectivity index (χ1) is 8.78. The predicted molar refractivity (Wildman–Crippen MR) is 71.1 cm³/mol. The van der Waals surface area contributed by atoms with Gasteiger partial charge in [-0.05, 0) is 18.4 Å². The Morgan fingerprint density at radius 2 is 2.17 bits per heavy atom. The van der Waals surface area contributed by atoms with Gasteiger partial charge in [-0.3, -0.25) is 9.69 Å². The lowest BCUT2D eigenvalue weighted by Gasteiger charge is -2.16. The highest BCUT2D eigenvalue weighted by Crippen LogP contribution is 2.16. The van der Waals surface area contributed by atoms with E-state index >= 15 is 0 Å². The first kappa shape index (κ1) is 13.1. The number of carbonyl (C=O) groups excluding carboxylic acids is 1. The number of esters is 1. The summed E-state index contributed by atoms with van der Waals surface area (Å²) in [5, 5.41) is 0. The van der Waals surface area contributed by atoms with Crippen LogP contribution in [0.2, 0.25) is 0 Å². The van der Waals surface area contributed by atoms with Gasteiger partial charge in [0.15, 0.2) is 0 Å². The van der Waals surface area contributed by atoms with Crippen LogP contribution >= 0.6 is 0 Å². The Morgan fingerprint density at radius 3 is 2.89 bits per heavy atom. The van der Waals surface area contributed by atoms with Gasteiger partial charge in [-0.1, -0.05) is 37.3 Å². The van der Waals surface area contributed by atoms with E-state index in [2.05, 4.69) is 29.2 Å². The molecular formula is C15H21NO2. The summed E-state index contributed by atoms with van der Waals surface area (Å²) < 4.78 is 5.44. The lowest BCUT2D eigenvalue weighted by atomic mass is 10.2. The molecule has 0 radical (unpaired) electrons. The third-order valence-corrected chi connectivity index (χ3v) is 3.23. The SMILES string of the molecule is CCCC(=O)O[C@@H]1CCN(Cc2ccccc2)C1. The van der Waals surface area contributed by atoms with Gasteiger partial charge < -0.3 is 4.74 Å². The van der Waals surface area contributed by atoms with Crippen LogP contribution in [-0.4, -0.2) is 30.1 Å². The number of hydrogen-bond acceptors (Lipinski definition) is 3. The maximum Gasteiger partial charge on any atom is 0.306 e.